The van der Waals surface area contributed by atoms with Gasteiger partial charge in [-0.2, -0.15) is 0 Å². The fraction of sp³-hybridized carbons (Fsp3) is 0.267. The van der Waals surface area contributed by atoms with Crippen LogP contribution in [0.2, 0.25) is 0 Å². The lowest BCUT2D eigenvalue weighted by atomic mass is 10.0. The monoisotopic (exact) mass is 355 g/mol. The largest absolute Gasteiger partial charge is 0.463 e. The Bertz CT molecular complexity index is 621. The van der Waals surface area contributed by atoms with Crippen molar-refractivity contribution in [2.45, 2.75) is 13.0 Å². The number of hydrogen-bond acceptors (Lipinski definition) is 4. The van der Waals surface area contributed by atoms with Gasteiger partial charge in [0.25, 0.3) is 0 Å². The maximum atomic E-state index is 13.6. The van der Waals surface area contributed by atoms with E-state index in [0.29, 0.717) is 22.3 Å². The highest BCUT2D eigenvalue weighted by Crippen LogP contribution is 2.27. The summed E-state index contributed by atoms with van der Waals surface area (Å²) in [4.78, 5) is 11.4. The number of esters is 1. The van der Waals surface area contributed by atoms with Gasteiger partial charge < -0.3 is 14.5 Å². The first kappa shape index (κ1) is 15.7. The highest BCUT2D eigenvalue weighted by Gasteiger charge is 2.20. The summed E-state index contributed by atoms with van der Waals surface area (Å²) < 4.78 is 24.3. The van der Waals surface area contributed by atoms with Gasteiger partial charge in [0.05, 0.1) is 13.2 Å². The Balaban J connectivity index is 2.38. The van der Waals surface area contributed by atoms with Crippen molar-refractivity contribution in [3.63, 3.8) is 0 Å². The number of ether oxygens (including phenoxy) is 1. The molecule has 2 rings (SSSR count). The van der Waals surface area contributed by atoms with Crippen LogP contribution in [0.15, 0.2) is 39.2 Å². The zero-order valence-electron chi connectivity index (χ0n) is 11.7. The third-order valence-corrected chi connectivity index (χ3v) is 3.38. The lowest BCUT2D eigenvalue weighted by molar-refractivity contribution is 0.0562. The van der Waals surface area contributed by atoms with Crippen LogP contribution in [0, 0.1) is 5.82 Å². The van der Waals surface area contributed by atoms with Crippen molar-refractivity contribution < 1.29 is 18.3 Å². The Kier molecular flexibility index (Phi) is 5.14. The van der Waals surface area contributed by atoms with E-state index in [2.05, 4.69) is 26.0 Å². The van der Waals surface area contributed by atoms with Crippen LogP contribution in [-0.4, -0.2) is 19.6 Å². The molecule has 0 aliphatic heterocycles. The minimum absolute atomic E-state index is 0.117. The second-order valence-corrected chi connectivity index (χ2v) is 5.30. The number of methoxy groups -OCH3 is 1. The molecule has 0 aliphatic carbocycles. The summed E-state index contributed by atoms with van der Waals surface area (Å²) in [5, 5.41) is 3.21. The Hall–Kier alpha value is -1.66. The minimum atomic E-state index is -0.545. The van der Waals surface area contributed by atoms with Crippen molar-refractivity contribution in [1.82, 2.24) is 5.32 Å². The fourth-order valence-electron chi connectivity index (χ4n) is 2.05. The van der Waals surface area contributed by atoms with E-state index in [0.717, 1.165) is 0 Å². The summed E-state index contributed by atoms with van der Waals surface area (Å²) in [5.41, 5.74) is 0.703. The lowest BCUT2D eigenvalue weighted by Gasteiger charge is -2.16. The van der Waals surface area contributed by atoms with Crippen LogP contribution in [0.1, 0.15) is 34.8 Å². The van der Waals surface area contributed by atoms with Crippen LogP contribution in [0.5, 0.6) is 0 Å². The molecule has 0 aliphatic rings. The minimum Gasteiger partial charge on any atom is -0.463 e. The molecule has 0 amide bonds. The SMILES string of the molecule is CCNC(c1cc(F)cc(Br)c1)c1ccc(C(=O)OC)o1. The van der Waals surface area contributed by atoms with Crippen LogP contribution >= 0.6 is 15.9 Å². The molecule has 1 aromatic carbocycles. The van der Waals surface area contributed by atoms with E-state index in [4.69, 9.17) is 4.42 Å². The maximum absolute atomic E-state index is 13.6. The van der Waals surface area contributed by atoms with Gasteiger partial charge in [0.1, 0.15) is 11.6 Å². The molecular weight excluding hydrogens is 341 g/mol. The zero-order chi connectivity index (χ0) is 15.4. The quantitative estimate of drug-likeness (QED) is 0.831. The van der Waals surface area contributed by atoms with Crippen LogP contribution in [-0.2, 0) is 4.74 Å². The van der Waals surface area contributed by atoms with Crippen molar-refractivity contribution in [2.24, 2.45) is 0 Å². The average Bonchev–Trinajstić information content (AvgIpc) is 2.92. The Morgan fingerprint density at radius 3 is 2.81 bits per heavy atom. The summed E-state index contributed by atoms with van der Waals surface area (Å²) in [6.07, 6.45) is 0. The third kappa shape index (κ3) is 3.71. The first-order valence-corrected chi connectivity index (χ1v) is 7.22. The number of hydrogen-bond donors (Lipinski definition) is 1. The predicted octanol–water partition coefficient (Wildman–Crippen LogP) is 3.67. The predicted molar refractivity (Wildman–Crippen MR) is 79.7 cm³/mol. The van der Waals surface area contributed by atoms with Crippen molar-refractivity contribution in [3.05, 3.63) is 57.7 Å². The molecule has 1 heterocycles. The molecule has 1 N–H and O–H groups in total. The van der Waals surface area contributed by atoms with E-state index in [-0.39, 0.29) is 17.6 Å². The van der Waals surface area contributed by atoms with Gasteiger partial charge in [-0.3, -0.25) is 0 Å². The van der Waals surface area contributed by atoms with Gasteiger partial charge >= 0.3 is 5.97 Å². The van der Waals surface area contributed by atoms with Crippen LogP contribution in [0.25, 0.3) is 0 Å². The molecule has 112 valence electrons. The highest BCUT2D eigenvalue weighted by atomic mass is 79.9. The summed E-state index contributed by atoms with van der Waals surface area (Å²) in [6.45, 7) is 2.60. The number of nitrogens with one attached hydrogen (secondary N) is 1. The number of furan rings is 1. The third-order valence-electron chi connectivity index (χ3n) is 2.92. The molecule has 0 bridgehead atoms. The zero-order valence-corrected chi connectivity index (χ0v) is 13.2. The Labute approximate surface area is 130 Å². The van der Waals surface area contributed by atoms with E-state index < -0.39 is 5.97 Å². The summed E-state index contributed by atoms with van der Waals surface area (Å²) >= 11 is 3.27. The summed E-state index contributed by atoms with van der Waals surface area (Å²) in [5.74, 6) is -0.250. The Morgan fingerprint density at radius 1 is 1.43 bits per heavy atom. The molecule has 21 heavy (non-hydrogen) atoms. The molecule has 2 aromatic rings. The standard InChI is InChI=1S/C15H15BrFNO3/c1-3-18-14(9-6-10(16)8-11(17)7-9)12-4-5-13(21-12)15(19)20-2/h4-8,14,18H,3H2,1-2H3. The molecule has 1 atom stereocenters. The maximum Gasteiger partial charge on any atom is 0.373 e. The smallest absolute Gasteiger partial charge is 0.373 e. The van der Waals surface area contributed by atoms with E-state index in [1.165, 1.54) is 19.2 Å². The van der Waals surface area contributed by atoms with Crippen molar-refractivity contribution >= 4 is 21.9 Å². The number of rotatable bonds is 5. The molecule has 4 nitrogen and oxygen atoms in total. The topological polar surface area (TPSA) is 51.5 Å². The van der Waals surface area contributed by atoms with Crippen molar-refractivity contribution in [3.8, 4) is 0 Å². The second-order valence-electron chi connectivity index (χ2n) is 4.39. The molecule has 1 unspecified atom stereocenters. The number of carbonyl (C=O) groups is 1. The summed E-state index contributed by atoms with van der Waals surface area (Å²) in [6, 6.07) is 7.49. The highest BCUT2D eigenvalue weighted by molar-refractivity contribution is 9.10. The van der Waals surface area contributed by atoms with Gasteiger partial charge in [-0.1, -0.05) is 22.9 Å². The van der Waals surface area contributed by atoms with E-state index in [1.54, 1.807) is 18.2 Å². The van der Waals surface area contributed by atoms with Crippen molar-refractivity contribution in [2.75, 3.05) is 13.7 Å². The molecule has 0 saturated heterocycles. The molecule has 1 aromatic heterocycles. The molecule has 0 fully saturated rings. The lowest BCUT2D eigenvalue weighted by Crippen LogP contribution is -2.21. The van der Waals surface area contributed by atoms with Crippen molar-refractivity contribution in [1.29, 1.82) is 0 Å². The van der Waals surface area contributed by atoms with E-state index in [9.17, 15) is 9.18 Å². The van der Waals surface area contributed by atoms with Gasteiger partial charge in [-0.25, -0.2) is 9.18 Å². The fourth-order valence-corrected chi connectivity index (χ4v) is 2.53. The van der Waals surface area contributed by atoms with Gasteiger partial charge in [-0.05, 0) is 42.4 Å². The van der Waals surface area contributed by atoms with Gasteiger partial charge in [0.15, 0.2) is 0 Å². The molecule has 0 saturated carbocycles. The first-order valence-electron chi connectivity index (χ1n) is 6.42. The second kappa shape index (κ2) is 6.87. The number of benzene rings is 1. The van der Waals surface area contributed by atoms with Crippen LogP contribution in [0.3, 0.4) is 0 Å². The molecule has 0 radical (unpaired) electrons. The molecular formula is C15H15BrFNO3. The van der Waals surface area contributed by atoms with Gasteiger partial charge in [-0.15, -0.1) is 0 Å². The van der Waals surface area contributed by atoms with Gasteiger partial charge in [0, 0.05) is 4.47 Å². The van der Waals surface area contributed by atoms with Crippen LogP contribution < -0.4 is 5.32 Å². The number of carbonyl (C=O) groups excluding carboxylic acids is 1. The Morgan fingerprint density at radius 2 is 2.19 bits per heavy atom. The van der Waals surface area contributed by atoms with Crippen LogP contribution in [0.4, 0.5) is 4.39 Å². The first-order chi connectivity index (χ1) is 10.0. The van der Waals surface area contributed by atoms with E-state index in [1.807, 2.05) is 6.92 Å². The number of halogens is 2. The average molecular weight is 356 g/mol. The van der Waals surface area contributed by atoms with Gasteiger partial charge in [0.2, 0.25) is 5.76 Å². The van der Waals surface area contributed by atoms with E-state index >= 15 is 0 Å². The molecule has 6 heteroatoms. The normalized spacial score (nSPS) is 12.2. The molecule has 0 spiro atoms. The summed E-state index contributed by atoms with van der Waals surface area (Å²) in [7, 11) is 1.29.